The lowest BCUT2D eigenvalue weighted by Crippen LogP contribution is -2.44. The van der Waals surface area contributed by atoms with Gasteiger partial charge in [0, 0.05) is 168 Å². The van der Waals surface area contributed by atoms with E-state index < -0.39 is 24.9 Å². The molecular weight excluding hydrogens is 1960 g/mol. The van der Waals surface area contributed by atoms with Crippen molar-refractivity contribution in [3.8, 4) is 0 Å². The van der Waals surface area contributed by atoms with Gasteiger partial charge in [-0.1, -0.05) is 108 Å². The minimum Gasteiger partial charge on any atom is -0.381 e. The number of halogens is 1. The van der Waals surface area contributed by atoms with Crippen molar-refractivity contribution in [2.24, 2.45) is 48.6 Å². The summed E-state index contributed by atoms with van der Waals surface area (Å²) >= 11 is 8.04. The molecule has 9 aliphatic rings. The number of aryl methyl sites for hydroxylation is 2. The Bertz CT molecular complexity index is 4020. The standard InChI is InChI=1S/C46H78N10O7S2.C38H72N10O6S2.C12H11NO4.C6H15N.CH3F/c1-34-13-12-14-35(29-34)44(59)51-19-25-62-27-28-63-26-20-56(30-40(57)49-17-6-10-23-60-21-8-2-4-15-38-42-36(32-64-38)52-45(47)54-42)31-41(58)50-18-7-11-24-61-22-9-3-5-16-39-43-37(33-65-39)53-46(48)55-43;39-13-21-53-23-24-54-22-16-48(25-33(49)42-14-5-9-19-51-17-7-1-3-11-31-35-29(27-55-31)44-37(40)46-35)26-34(50)43-15-6-10-20-52-18-8-2-4-12-32-36-30(28-56-32)45-38(41)47-36;1-8-3-2-4-9(7-8)12(16)17-13-10(14)5-6-11(13)15;1-4-7(5-2)6-3;1-2/h12-14,29,36-39,42-43H,2-11,15-28,30-33H2,1H3,(H,49,57)(H,50,58)(H,51,59)(H3,47,52,54)(H3,48,53,55);29-32,35-36H,1-28,39H2,(H,42,49)(H,43,50)(H3,40,44,46)(H3,41,45,47);2-4,7H,5-6H2,1H3;4-6H2,1-3H3;1H3/t36-,37-,38-,39-,42-,43-;29-,30-,31-,32-,35-,36-;;;/m00.../s1/i;;;;1D. The second kappa shape index (κ2) is 77.6. The highest BCUT2D eigenvalue weighted by Gasteiger charge is 2.44. The lowest BCUT2D eigenvalue weighted by atomic mass is 10.0. The maximum atomic E-state index is 12.9. The normalized spacial score (nSPS) is 21.1. The first-order valence-corrected chi connectivity index (χ1v) is 58.0. The van der Waals surface area contributed by atoms with Crippen molar-refractivity contribution in [2.45, 2.75) is 271 Å². The zero-order valence-corrected chi connectivity index (χ0v) is 91.6. The zero-order chi connectivity index (χ0) is 106. The van der Waals surface area contributed by atoms with E-state index in [4.69, 9.17) is 72.8 Å². The quantitative estimate of drug-likeness (QED) is 0.0249. The third-order valence-electron chi connectivity index (χ3n) is 26.0. The number of carbonyl (C=O) groups excluding carboxylic acids is 8. The number of carbonyl (C=O) groups is 8. The summed E-state index contributed by atoms with van der Waals surface area (Å²) in [4.78, 5) is 127. The second-order valence-electron chi connectivity index (χ2n) is 37.8. The van der Waals surface area contributed by atoms with Gasteiger partial charge in [-0.2, -0.15) is 47.0 Å². The Morgan fingerprint density at radius 3 is 0.993 bits per heavy atom. The molecule has 9 heterocycles. The predicted octanol–water partition coefficient (Wildman–Crippen LogP) is 6.47. The van der Waals surface area contributed by atoms with E-state index in [-0.39, 0.29) is 68.6 Å². The van der Waals surface area contributed by atoms with Crippen LogP contribution < -0.4 is 76.5 Å². The first-order chi connectivity index (χ1) is 72.0. The number of imide groups is 1. The average Bonchev–Trinajstić information content (AvgIpc) is 1.68. The summed E-state index contributed by atoms with van der Waals surface area (Å²) in [5.41, 5.74) is 31.7. The largest absolute Gasteiger partial charge is 0.381 e. The van der Waals surface area contributed by atoms with Crippen LogP contribution in [0.15, 0.2) is 68.5 Å². The van der Waals surface area contributed by atoms with Gasteiger partial charge < -0.3 is 124 Å². The summed E-state index contributed by atoms with van der Waals surface area (Å²) in [7, 11) is -1.00. The molecule has 11 rings (SSSR count). The van der Waals surface area contributed by atoms with Gasteiger partial charge in [0.1, 0.15) is 0 Å². The third kappa shape index (κ3) is 53.0. The molecular formula is C103H179FN22O17S4. The van der Waals surface area contributed by atoms with Crippen LogP contribution in [0.1, 0.15) is 221 Å². The van der Waals surface area contributed by atoms with Crippen LogP contribution in [0.3, 0.4) is 0 Å². The number of rotatable bonds is 75. The molecule has 147 heavy (non-hydrogen) atoms. The van der Waals surface area contributed by atoms with E-state index >= 15 is 0 Å². The number of nitrogens with one attached hydrogen (secondary N) is 9. The Labute approximate surface area is 891 Å². The van der Waals surface area contributed by atoms with Gasteiger partial charge in [0.15, 0.2) is 23.8 Å². The molecule has 0 aliphatic carbocycles. The molecule has 834 valence electrons. The van der Waals surface area contributed by atoms with Crippen molar-refractivity contribution in [1.29, 1.82) is 0 Å². The van der Waals surface area contributed by atoms with Gasteiger partial charge in [-0.05, 0) is 160 Å². The van der Waals surface area contributed by atoms with Crippen molar-refractivity contribution in [3.63, 3.8) is 0 Å². The maximum absolute atomic E-state index is 12.9. The molecule has 0 spiro atoms. The van der Waals surface area contributed by atoms with Crippen LogP contribution in [0.2, 0.25) is 0 Å². The Morgan fingerprint density at radius 1 is 0.395 bits per heavy atom. The number of nitrogens with two attached hydrogens (primary N) is 5. The van der Waals surface area contributed by atoms with Crippen LogP contribution in [-0.4, -0.2) is 394 Å². The minimum absolute atomic E-state index is 0.0929. The smallest absolute Gasteiger partial charge is 0.363 e. The van der Waals surface area contributed by atoms with Crippen molar-refractivity contribution in [2.75, 3.05) is 234 Å². The number of alkyl halides is 1. The predicted molar refractivity (Wildman–Crippen MR) is 587 cm³/mol. The van der Waals surface area contributed by atoms with Crippen LogP contribution in [-0.2, 0) is 71.5 Å². The van der Waals surface area contributed by atoms with E-state index in [9.17, 15) is 42.7 Å². The summed E-state index contributed by atoms with van der Waals surface area (Å²) in [6, 6.07) is 17.2. The Morgan fingerprint density at radius 2 is 0.687 bits per heavy atom. The van der Waals surface area contributed by atoms with Crippen molar-refractivity contribution in [3.05, 3.63) is 70.8 Å². The molecule has 2 aromatic carbocycles. The zero-order valence-electron chi connectivity index (χ0n) is 89.3. The molecule has 0 unspecified atom stereocenters. The highest BCUT2D eigenvalue weighted by Crippen LogP contribution is 2.39. The van der Waals surface area contributed by atoms with Gasteiger partial charge in [-0.25, -0.2) is 24.8 Å². The van der Waals surface area contributed by atoms with E-state index in [1.807, 2.05) is 95.0 Å². The van der Waals surface area contributed by atoms with E-state index in [1.165, 1.54) is 58.2 Å². The molecule has 5 fully saturated rings. The van der Waals surface area contributed by atoms with Crippen LogP contribution >= 0.6 is 47.0 Å². The number of guanidine groups is 4. The van der Waals surface area contributed by atoms with Gasteiger partial charge in [-0.3, -0.25) is 47.8 Å². The number of thioether (sulfide) groups is 4. The summed E-state index contributed by atoms with van der Waals surface area (Å²) in [6.07, 6.45) is 25.2. The van der Waals surface area contributed by atoms with Crippen LogP contribution in [0.25, 0.3) is 0 Å². The summed E-state index contributed by atoms with van der Waals surface area (Å²) < 4.78 is 61.3. The summed E-state index contributed by atoms with van der Waals surface area (Å²) in [6.45, 7) is 27.3. The van der Waals surface area contributed by atoms with Crippen molar-refractivity contribution < 1.29 is 86.8 Å². The van der Waals surface area contributed by atoms with E-state index in [2.05, 4.69) is 93.5 Å². The van der Waals surface area contributed by atoms with Gasteiger partial charge in [0.2, 0.25) is 23.6 Å². The number of hydrogen-bond acceptors (Lipinski definition) is 37. The molecule has 9 aliphatic heterocycles. The fourth-order valence-electron chi connectivity index (χ4n) is 18.0. The lowest BCUT2D eigenvalue weighted by Gasteiger charge is -2.21. The van der Waals surface area contributed by atoms with Gasteiger partial charge >= 0.3 is 5.97 Å². The van der Waals surface area contributed by atoms with Crippen molar-refractivity contribution >= 4 is 118 Å². The molecule has 5 saturated heterocycles. The second-order valence-corrected chi connectivity index (χ2v) is 42.9. The van der Waals surface area contributed by atoms with E-state index in [1.54, 1.807) is 24.3 Å². The Hall–Kier alpha value is -7.67. The Balaban J connectivity index is 0.000000321. The monoisotopic (exact) mass is 2140 g/mol. The molecule has 0 radical (unpaired) electrons. The van der Waals surface area contributed by atoms with E-state index in [0.717, 1.165) is 176 Å². The highest BCUT2D eigenvalue weighted by atomic mass is 32.2. The summed E-state index contributed by atoms with van der Waals surface area (Å²) in [5.74, 6) is 4.48. The number of aliphatic imine (C=N–C) groups is 4. The molecule has 39 nitrogen and oxygen atoms in total. The molecule has 19 N–H and O–H groups in total. The topological polar surface area (TPSA) is 520 Å². The van der Waals surface area contributed by atoms with Crippen LogP contribution in [0.4, 0.5) is 4.39 Å². The first-order valence-electron chi connectivity index (χ1n) is 54.5. The third-order valence-corrected chi connectivity index (χ3v) is 32.0. The maximum Gasteiger partial charge on any atom is 0.363 e. The number of hydrogen-bond donors (Lipinski definition) is 14. The van der Waals surface area contributed by atoms with E-state index in [0.29, 0.717) is 241 Å². The minimum atomic E-state index is -1.00. The number of amides is 7. The van der Waals surface area contributed by atoms with Crippen LogP contribution in [0, 0.1) is 13.8 Å². The molecule has 0 bridgehead atoms. The van der Waals surface area contributed by atoms with Crippen molar-refractivity contribution in [1.82, 2.24) is 67.6 Å². The molecule has 0 aromatic heterocycles. The number of hydroxylamine groups is 2. The first kappa shape index (κ1) is 125. The SMILES string of the molecule is CCN(CC)CC.Cc1cccc(C(=O)NCCOCCOCCN(CC(=O)NCCCCOCCCCC[C@@H]2SC[C@@H]3NC(N)=N[C@@H]32)CC(=O)NCCCCOCCCCC[C@@H]2SC[C@@H]3NC(N)=N[C@@H]32)c1.Cc1cccc(C(=O)ON2C(=O)CCC2=O)c1.NCCOCCOCCN(CC(=O)NCCCCOCCCCC[C@@H]1SC[C@@H]2NC(N)=N[C@@H]21)CC(=O)NCCCCOCCCCC[C@@H]1SC[C@@H]2NC(N)=N[C@@H]21.[2H]CF. The van der Waals surface area contributed by atoms with Gasteiger partial charge in [0.25, 0.3) is 17.7 Å². The molecule has 7 amide bonds. The number of fused-ring (bicyclic) bond motifs is 4. The number of nitrogens with zero attached hydrogens (tertiary/aromatic N) is 8. The van der Waals surface area contributed by atoms with Crippen LogP contribution in [0.5, 0.6) is 0 Å². The van der Waals surface area contributed by atoms with Gasteiger partial charge in [0.05, 0.1) is 141 Å². The number of ether oxygens (including phenoxy) is 8. The molecule has 12 atom stereocenters. The van der Waals surface area contributed by atoms with Gasteiger partial charge in [-0.15, -0.1) is 5.06 Å². The molecule has 44 heteroatoms. The highest BCUT2D eigenvalue weighted by molar-refractivity contribution is 8.01. The number of unbranched alkanes of at least 4 members (excludes halogenated alkanes) is 12. The fraction of sp³-hybridized carbons (Fsp3) is 0.767. The fourth-order valence-corrected chi connectivity index (χ4v) is 24.0. The Kier molecular flexibility index (Phi) is 65.7. The molecule has 2 aromatic rings. The summed E-state index contributed by atoms with van der Waals surface area (Å²) in [5, 5.41) is 30.8. The lowest BCUT2D eigenvalue weighted by molar-refractivity contribution is -0.172. The molecule has 0 saturated carbocycles. The average molecular weight is 2150 g/mol. The number of benzene rings is 2.